The maximum Gasteiger partial charge on any atom is 0.264 e. The highest BCUT2D eigenvalue weighted by Gasteiger charge is 2.52. The molecule has 0 saturated heterocycles. The molecule has 0 aromatic carbocycles. The Morgan fingerprint density at radius 1 is 1.38 bits per heavy atom. The molecule has 0 unspecified atom stereocenters. The Bertz CT molecular complexity index is 474. The van der Waals surface area contributed by atoms with Crippen LogP contribution in [0.25, 0.3) is 0 Å². The lowest BCUT2D eigenvalue weighted by Crippen LogP contribution is -2.24. The molecule has 3 aliphatic carbocycles. The lowest BCUT2D eigenvalue weighted by molar-refractivity contribution is 0.172. The van der Waals surface area contributed by atoms with Crippen LogP contribution in [0, 0.1) is 23.7 Å². The predicted octanol–water partition coefficient (Wildman–Crippen LogP) is 1.73. The molecule has 0 radical (unpaired) electrons. The van der Waals surface area contributed by atoms with Gasteiger partial charge in [-0.1, -0.05) is 23.8 Å². The molecule has 0 N–H and O–H groups in total. The fourth-order valence-corrected chi connectivity index (χ4v) is 4.37. The van der Waals surface area contributed by atoms with Gasteiger partial charge in [-0.05, 0) is 31.1 Å². The third-order valence-corrected chi connectivity index (χ3v) is 4.72. The SMILES string of the molecule is CC1=C[C@H]2C=C[C@H]3C[C@@H](OS(C)(=O)=O)[C@H]1[C@H]23. The van der Waals surface area contributed by atoms with Gasteiger partial charge in [0.2, 0.25) is 0 Å². The van der Waals surface area contributed by atoms with Crippen LogP contribution >= 0.6 is 0 Å². The zero-order valence-corrected chi connectivity index (χ0v) is 10.3. The number of rotatable bonds is 2. The van der Waals surface area contributed by atoms with E-state index in [1.807, 2.05) is 0 Å². The Kier molecular flexibility index (Phi) is 2.11. The molecule has 3 nitrogen and oxygen atoms in total. The van der Waals surface area contributed by atoms with E-state index in [1.54, 1.807) is 0 Å². The topological polar surface area (TPSA) is 43.4 Å². The second kappa shape index (κ2) is 3.20. The lowest BCUT2D eigenvalue weighted by atomic mass is 9.88. The van der Waals surface area contributed by atoms with E-state index in [4.69, 9.17) is 4.18 Å². The summed E-state index contributed by atoms with van der Waals surface area (Å²) in [4.78, 5) is 0. The van der Waals surface area contributed by atoms with Crippen molar-refractivity contribution in [3.05, 3.63) is 23.8 Å². The summed E-state index contributed by atoms with van der Waals surface area (Å²) in [7, 11) is -3.34. The second-order valence-electron chi connectivity index (χ2n) is 5.21. The Labute approximate surface area is 96.3 Å². The van der Waals surface area contributed by atoms with E-state index in [2.05, 4.69) is 25.2 Å². The predicted molar refractivity (Wildman–Crippen MR) is 61.2 cm³/mol. The van der Waals surface area contributed by atoms with Crippen LogP contribution in [0.5, 0.6) is 0 Å². The summed E-state index contributed by atoms with van der Waals surface area (Å²) in [5.41, 5.74) is 1.30. The van der Waals surface area contributed by atoms with Gasteiger partial charge in [-0.3, -0.25) is 4.18 Å². The molecule has 16 heavy (non-hydrogen) atoms. The van der Waals surface area contributed by atoms with Crippen molar-refractivity contribution in [2.75, 3.05) is 6.26 Å². The molecule has 0 aromatic rings. The summed E-state index contributed by atoms with van der Waals surface area (Å²) in [5.74, 6) is 1.89. The highest BCUT2D eigenvalue weighted by atomic mass is 32.2. The Balaban J connectivity index is 1.90. The van der Waals surface area contributed by atoms with Gasteiger partial charge in [0, 0.05) is 5.92 Å². The third-order valence-electron chi connectivity index (χ3n) is 4.12. The quantitative estimate of drug-likeness (QED) is 0.545. The van der Waals surface area contributed by atoms with Crippen molar-refractivity contribution in [1.29, 1.82) is 0 Å². The van der Waals surface area contributed by atoms with E-state index < -0.39 is 10.1 Å². The Morgan fingerprint density at radius 3 is 2.81 bits per heavy atom. The molecule has 0 spiro atoms. The summed E-state index contributed by atoms with van der Waals surface area (Å²) >= 11 is 0. The molecule has 0 aromatic heterocycles. The molecule has 3 aliphatic rings. The first-order valence-electron chi connectivity index (χ1n) is 5.70. The van der Waals surface area contributed by atoms with Crippen LogP contribution in [0.2, 0.25) is 0 Å². The maximum absolute atomic E-state index is 11.2. The van der Waals surface area contributed by atoms with Gasteiger partial charge in [0.05, 0.1) is 12.4 Å². The first-order valence-corrected chi connectivity index (χ1v) is 7.52. The molecule has 1 saturated carbocycles. The normalized spacial score (nSPS) is 44.9. The van der Waals surface area contributed by atoms with Gasteiger partial charge in [0.1, 0.15) is 0 Å². The lowest BCUT2D eigenvalue weighted by Gasteiger charge is -2.20. The average Bonchev–Trinajstić information content (AvgIpc) is 2.70. The van der Waals surface area contributed by atoms with Gasteiger partial charge < -0.3 is 0 Å². The van der Waals surface area contributed by atoms with Crippen LogP contribution in [0.15, 0.2) is 23.8 Å². The first kappa shape index (κ1) is 10.5. The molecule has 1 fully saturated rings. The summed E-state index contributed by atoms with van der Waals surface area (Å²) < 4.78 is 27.7. The van der Waals surface area contributed by atoms with Crippen LogP contribution in [-0.4, -0.2) is 20.8 Å². The van der Waals surface area contributed by atoms with Gasteiger partial charge in [-0.25, -0.2) is 0 Å². The van der Waals surface area contributed by atoms with E-state index in [0.717, 1.165) is 12.7 Å². The van der Waals surface area contributed by atoms with Crippen molar-refractivity contribution in [2.45, 2.75) is 19.4 Å². The van der Waals surface area contributed by atoms with Crippen molar-refractivity contribution in [2.24, 2.45) is 23.7 Å². The molecule has 88 valence electrons. The summed E-state index contributed by atoms with van der Waals surface area (Å²) in [6, 6.07) is 0. The van der Waals surface area contributed by atoms with E-state index in [-0.39, 0.29) is 6.10 Å². The van der Waals surface area contributed by atoms with E-state index in [0.29, 0.717) is 23.7 Å². The fourth-order valence-electron chi connectivity index (χ4n) is 3.72. The minimum absolute atomic E-state index is 0.142. The van der Waals surface area contributed by atoms with Crippen LogP contribution in [-0.2, 0) is 14.3 Å². The van der Waals surface area contributed by atoms with Gasteiger partial charge in [-0.2, -0.15) is 8.42 Å². The molecular weight excluding hydrogens is 224 g/mol. The third kappa shape index (κ3) is 1.47. The molecule has 3 rings (SSSR count). The van der Waals surface area contributed by atoms with Gasteiger partial charge >= 0.3 is 0 Å². The molecule has 5 atom stereocenters. The van der Waals surface area contributed by atoms with Gasteiger partial charge in [-0.15, -0.1) is 0 Å². The molecule has 0 amide bonds. The zero-order chi connectivity index (χ0) is 11.5. The maximum atomic E-state index is 11.2. The van der Waals surface area contributed by atoms with Crippen LogP contribution in [0.4, 0.5) is 0 Å². The smallest absolute Gasteiger partial charge is 0.264 e. The van der Waals surface area contributed by atoms with Crippen molar-refractivity contribution in [3.8, 4) is 0 Å². The highest BCUT2D eigenvalue weighted by molar-refractivity contribution is 7.86. The highest BCUT2D eigenvalue weighted by Crippen LogP contribution is 2.55. The standard InChI is InChI=1S/C12H16O3S/c1-7-5-8-3-4-9-6-10(11(7)12(8)9)15-16(2,13)14/h3-5,8-12H,6H2,1-2H3/t8-,9+,10-,11+,12-/m1/s1. The fraction of sp³-hybridized carbons (Fsp3) is 0.667. The van der Waals surface area contributed by atoms with Gasteiger partial charge in [0.15, 0.2) is 0 Å². The summed E-state index contributed by atoms with van der Waals surface area (Å²) in [6.07, 6.45) is 8.61. The van der Waals surface area contributed by atoms with Crippen molar-refractivity contribution < 1.29 is 12.6 Å². The molecular formula is C12H16O3S. The van der Waals surface area contributed by atoms with Crippen LogP contribution < -0.4 is 0 Å². The number of allylic oxidation sites excluding steroid dienone is 3. The molecule has 0 aliphatic heterocycles. The second-order valence-corrected chi connectivity index (χ2v) is 6.82. The largest absolute Gasteiger partial charge is 0.266 e. The van der Waals surface area contributed by atoms with Crippen molar-refractivity contribution >= 4 is 10.1 Å². The van der Waals surface area contributed by atoms with Crippen LogP contribution in [0.1, 0.15) is 13.3 Å². The van der Waals surface area contributed by atoms with E-state index in [1.165, 1.54) is 5.57 Å². The van der Waals surface area contributed by atoms with E-state index >= 15 is 0 Å². The monoisotopic (exact) mass is 240 g/mol. The average molecular weight is 240 g/mol. The molecule has 0 bridgehead atoms. The minimum atomic E-state index is -3.34. The molecule has 4 heteroatoms. The van der Waals surface area contributed by atoms with Gasteiger partial charge in [0.25, 0.3) is 10.1 Å². The van der Waals surface area contributed by atoms with Crippen molar-refractivity contribution in [1.82, 2.24) is 0 Å². The van der Waals surface area contributed by atoms with E-state index in [9.17, 15) is 8.42 Å². The zero-order valence-electron chi connectivity index (χ0n) is 9.46. The van der Waals surface area contributed by atoms with Crippen molar-refractivity contribution in [3.63, 3.8) is 0 Å². The number of hydrogen-bond donors (Lipinski definition) is 0. The summed E-state index contributed by atoms with van der Waals surface area (Å²) in [6.45, 7) is 2.10. The minimum Gasteiger partial charge on any atom is -0.266 e. The Morgan fingerprint density at radius 2 is 2.12 bits per heavy atom. The first-order chi connectivity index (χ1) is 7.46. The molecule has 0 heterocycles. The Hall–Kier alpha value is -0.610. The number of hydrogen-bond acceptors (Lipinski definition) is 3. The summed E-state index contributed by atoms with van der Waals surface area (Å²) in [5, 5.41) is 0. The van der Waals surface area contributed by atoms with Crippen LogP contribution in [0.3, 0.4) is 0 Å².